The number of carbonyl (C=O) groups is 1. The molecule has 0 radical (unpaired) electrons. The van der Waals surface area contributed by atoms with Gasteiger partial charge in [0, 0.05) is 5.56 Å². The van der Waals surface area contributed by atoms with Gasteiger partial charge < -0.3 is 9.47 Å². The second-order valence-corrected chi connectivity index (χ2v) is 4.71. The Bertz CT molecular complexity index is 397. The molecule has 0 atom stereocenters. The standard InChI is InChI=1S/C15H22O3/c1-11(2)18-8-7-17-10-15(16)14-9-12(3)5-6-13(14)4/h5-6,9,11H,7-8,10H2,1-4H3. The number of ketones is 1. The van der Waals surface area contributed by atoms with Crippen LogP contribution in [0.4, 0.5) is 0 Å². The van der Waals surface area contributed by atoms with Crippen molar-refractivity contribution in [3.05, 3.63) is 34.9 Å². The summed E-state index contributed by atoms with van der Waals surface area (Å²) >= 11 is 0. The number of Topliss-reactive ketones (excluding diaryl/α,β-unsaturated/α-hetero) is 1. The summed E-state index contributed by atoms with van der Waals surface area (Å²) in [6, 6.07) is 5.87. The maximum atomic E-state index is 11.9. The molecule has 1 aromatic carbocycles. The first-order valence-corrected chi connectivity index (χ1v) is 6.30. The van der Waals surface area contributed by atoms with Crippen molar-refractivity contribution in [1.29, 1.82) is 0 Å². The summed E-state index contributed by atoms with van der Waals surface area (Å²) in [6.45, 7) is 8.96. The largest absolute Gasteiger partial charge is 0.376 e. The van der Waals surface area contributed by atoms with E-state index in [1.54, 1.807) is 0 Å². The third-order valence-electron chi connectivity index (χ3n) is 2.61. The van der Waals surface area contributed by atoms with Gasteiger partial charge in [-0.05, 0) is 39.3 Å². The topological polar surface area (TPSA) is 35.5 Å². The molecule has 0 amide bonds. The minimum atomic E-state index is 0.0285. The first-order chi connectivity index (χ1) is 8.50. The number of hydrogen-bond donors (Lipinski definition) is 0. The summed E-state index contributed by atoms with van der Waals surface area (Å²) in [7, 11) is 0. The van der Waals surface area contributed by atoms with Gasteiger partial charge in [-0.2, -0.15) is 0 Å². The summed E-state index contributed by atoms with van der Waals surface area (Å²) in [5.41, 5.74) is 2.83. The van der Waals surface area contributed by atoms with Crippen molar-refractivity contribution >= 4 is 5.78 Å². The number of benzene rings is 1. The van der Waals surface area contributed by atoms with Crippen LogP contribution in [0.3, 0.4) is 0 Å². The molecule has 0 aromatic heterocycles. The monoisotopic (exact) mass is 250 g/mol. The van der Waals surface area contributed by atoms with E-state index in [2.05, 4.69) is 0 Å². The van der Waals surface area contributed by atoms with E-state index < -0.39 is 0 Å². The number of aryl methyl sites for hydroxylation is 2. The zero-order valence-corrected chi connectivity index (χ0v) is 11.7. The molecule has 1 aromatic rings. The molecule has 0 N–H and O–H groups in total. The summed E-state index contributed by atoms with van der Waals surface area (Å²) < 4.78 is 10.7. The van der Waals surface area contributed by atoms with Gasteiger partial charge in [-0.1, -0.05) is 17.7 Å². The van der Waals surface area contributed by atoms with Crippen molar-refractivity contribution in [1.82, 2.24) is 0 Å². The average molecular weight is 250 g/mol. The highest BCUT2D eigenvalue weighted by atomic mass is 16.5. The normalized spacial score (nSPS) is 10.9. The maximum absolute atomic E-state index is 11.9. The van der Waals surface area contributed by atoms with Gasteiger partial charge in [0.2, 0.25) is 0 Å². The van der Waals surface area contributed by atoms with Gasteiger partial charge in [0.25, 0.3) is 0 Å². The van der Waals surface area contributed by atoms with E-state index >= 15 is 0 Å². The third-order valence-corrected chi connectivity index (χ3v) is 2.61. The molecule has 0 saturated carbocycles. The van der Waals surface area contributed by atoms with Gasteiger partial charge >= 0.3 is 0 Å². The summed E-state index contributed by atoms with van der Waals surface area (Å²) in [5, 5.41) is 0. The molecule has 18 heavy (non-hydrogen) atoms. The average Bonchev–Trinajstić information content (AvgIpc) is 2.31. The summed E-state index contributed by atoms with van der Waals surface area (Å²) in [4.78, 5) is 11.9. The summed E-state index contributed by atoms with van der Waals surface area (Å²) in [5.74, 6) is 0.0285. The van der Waals surface area contributed by atoms with E-state index in [0.717, 1.165) is 16.7 Å². The molecule has 0 aliphatic carbocycles. The minimum absolute atomic E-state index is 0.0285. The minimum Gasteiger partial charge on any atom is -0.376 e. The smallest absolute Gasteiger partial charge is 0.188 e. The third kappa shape index (κ3) is 4.98. The van der Waals surface area contributed by atoms with Crippen molar-refractivity contribution < 1.29 is 14.3 Å². The van der Waals surface area contributed by atoms with Crippen LogP contribution < -0.4 is 0 Å². The molecule has 0 heterocycles. The highest BCUT2D eigenvalue weighted by Crippen LogP contribution is 2.11. The Morgan fingerprint density at radius 3 is 2.61 bits per heavy atom. The first-order valence-electron chi connectivity index (χ1n) is 6.30. The van der Waals surface area contributed by atoms with Gasteiger partial charge in [0.1, 0.15) is 6.61 Å². The Morgan fingerprint density at radius 2 is 1.94 bits per heavy atom. The Balaban J connectivity index is 2.39. The summed E-state index contributed by atoms with van der Waals surface area (Å²) in [6.07, 6.45) is 0.198. The van der Waals surface area contributed by atoms with Gasteiger partial charge in [-0.3, -0.25) is 4.79 Å². The van der Waals surface area contributed by atoms with E-state index in [1.807, 2.05) is 45.9 Å². The van der Waals surface area contributed by atoms with E-state index in [-0.39, 0.29) is 18.5 Å². The van der Waals surface area contributed by atoms with Crippen LogP contribution in [0.2, 0.25) is 0 Å². The molecule has 1 rings (SSSR count). The quantitative estimate of drug-likeness (QED) is 0.551. The molecule has 3 heteroatoms. The van der Waals surface area contributed by atoms with Crippen LogP contribution in [0, 0.1) is 13.8 Å². The lowest BCUT2D eigenvalue weighted by Gasteiger charge is -2.09. The molecule has 0 saturated heterocycles. The predicted molar refractivity (Wildman–Crippen MR) is 72.2 cm³/mol. The lowest BCUT2D eigenvalue weighted by molar-refractivity contribution is 0.0208. The fraction of sp³-hybridized carbons (Fsp3) is 0.533. The van der Waals surface area contributed by atoms with Crippen LogP contribution in [0.5, 0.6) is 0 Å². The molecular weight excluding hydrogens is 228 g/mol. The van der Waals surface area contributed by atoms with Gasteiger partial charge in [-0.15, -0.1) is 0 Å². The highest BCUT2D eigenvalue weighted by Gasteiger charge is 2.09. The van der Waals surface area contributed by atoms with E-state index in [1.165, 1.54) is 0 Å². The van der Waals surface area contributed by atoms with Crippen LogP contribution in [0.25, 0.3) is 0 Å². The molecule has 0 aliphatic rings. The van der Waals surface area contributed by atoms with Crippen molar-refractivity contribution in [3.63, 3.8) is 0 Å². The van der Waals surface area contributed by atoms with Crippen molar-refractivity contribution in [3.8, 4) is 0 Å². The maximum Gasteiger partial charge on any atom is 0.188 e. The van der Waals surface area contributed by atoms with Gasteiger partial charge in [0.15, 0.2) is 5.78 Å². The van der Waals surface area contributed by atoms with Crippen molar-refractivity contribution in [2.45, 2.75) is 33.8 Å². The molecule has 0 unspecified atom stereocenters. The Hall–Kier alpha value is -1.19. The van der Waals surface area contributed by atoms with Crippen LogP contribution >= 0.6 is 0 Å². The number of carbonyl (C=O) groups excluding carboxylic acids is 1. The lowest BCUT2D eigenvalue weighted by atomic mass is 10.0. The lowest BCUT2D eigenvalue weighted by Crippen LogP contribution is -2.15. The second kappa shape index (κ2) is 7.29. The first kappa shape index (κ1) is 14.9. The Labute approximate surface area is 109 Å². The van der Waals surface area contributed by atoms with Gasteiger partial charge in [-0.25, -0.2) is 0 Å². The van der Waals surface area contributed by atoms with Crippen molar-refractivity contribution in [2.24, 2.45) is 0 Å². The van der Waals surface area contributed by atoms with Crippen molar-refractivity contribution in [2.75, 3.05) is 19.8 Å². The second-order valence-electron chi connectivity index (χ2n) is 4.71. The zero-order valence-electron chi connectivity index (χ0n) is 11.7. The predicted octanol–water partition coefficient (Wildman–Crippen LogP) is 2.93. The fourth-order valence-corrected chi connectivity index (χ4v) is 1.62. The van der Waals surface area contributed by atoms with E-state index in [4.69, 9.17) is 9.47 Å². The Kier molecular flexibility index (Phi) is 6.02. The molecule has 3 nitrogen and oxygen atoms in total. The fourth-order valence-electron chi connectivity index (χ4n) is 1.62. The van der Waals surface area contributed by atoms with Crippen LogP contribution in [-0.4, -0.2) is 31.7 Å². The van der Waals surface area contributed by atoms with E-state index in [9.17, 15) is 4.79 Å². The molecule has 0 aliphatic heterocycles. The molecule has 100 valence electrons. The number of ether oxygens (including phenoxy) is 2. The molecule has 0 spiro atoms. The Morgan fingerprint density at radius 1 is 1.22 bits per heavy atom. The molecule has 0 fully saturated rings. The van der Waals surface area contributed by atoms with Crippen LogP contribution in [0.1, 0.15) is 35.3 Å². The zero-order chi connectivity index (χ0) is 13.5. The number of hydrogen-bond acceptors (Lipinski definition) is 3. The molecule has 0 bridgehead atoms. The SMILES string of the molecule is Cc1ccc(C)c(C(=O)COCCOC(C)C)c1. The van der Waals surface area contributed by atoms with Gasteiger partial charge in [0.05, 0.1) is 19.3 Å². The highest BCUT2D eigenvalue weighted by molar-refractivity contribution is 5.98. The molecular formula is C15H22O3. The number of rotatable bonds is 7. The van der Waals surface area contributed by atoms with Crippen LogP contribution in [0.15, 0.2) is 18.2 Å². The van der Waals surface area contributed by atoms with Crippen LogP contribution in [-0.2, 0) is 9.47 Å². The van der Waals surface area contributed by atoms with E-state index in [0.29, 0.717) is 13.2 Å².